The molecule has 3 saturated heterocycles. The molecule has 0 radical (unpaired) electrons. The number of pyridine rings is 2. The third kappa shape index (κ3) is 21.0. The zero-order valence-electron chi connectivity index (χ0n) is 55.2. The van der Waals surface area contributed by atoms with Crippen LogP contribution in [0.3, 0.4) is 0 Å². The minimum Gasteiger partial charge on any atom is -0.489 e. The number of benzene rings is 3. The van der Waals surface area contributed by atoms with E-state index < -0.39 is 48.4 Å². The van der Waals surface area contributed by atoms with Gasteiger partial charge in [-0.2, -0.15) is 0 Å². The number of amides is 7. The summed E-state index contributed by atoms with van der Waals surface area (Å²) in [5.74, 6) is -1.13. The summed E-state index contributed by atoms with van der Waals surface area (Å²) in [5.41, 5.74) is 10.6. The number of hydrogen-bond donors (Lipinski definition) is 6. The predicted molar refractivity (Wildman–Crippen MR) is 369 cm³/mol. The average molecular weight is 1370 g/mol. The molecule has 1 saturated carbocycles. The number of carbonyl (C=O) groups is 7. The van der Waals surface area contributed by atoms with Crippen LogP contribution in [-0.2, 0) is 60.7 Å². The first-order valence-electron chi connectivity index (χ1n) is 34.1. The lowest BCUT2D eigenvalue weighted by Gasteiger charge is -2.46. The second-order valence-corrected chi connectivity index (χ2v) is 27.2. The molecule has 25 heteroatoms. The Hall–Kier alpha value is -7.52. The maximum atomic E-state index is 14.1. The van der Waals surface area contributed by atoms with E-state index in [1.165, 1.54) is 16.2 Å². The first-order valence-corrected chi connectivity index (χ1v) is 35.3. The SMILES string of the molecule is Cc1cc(Cl)cc(-c2ccnc3cc(CN4C(=O)CCC4=O)sc23)c1OC1CCN(CCCNC(=O)CCOCCOCCOCCOCCNC(=O)[C@@H]2C[C@@H]3CCCC[C@@H]3CN2C[C@@H](O)[C@H](Cc2ccccc2)NC(=O)[C@H](CC(N)=O)NC(=O)c2ccc3ccccc3n2)CC1. The number of nitrogens with two attached hydrogens (primary N) is 1. The van der Waals surface area contributed by atoms with Gasteiger partial charge in [-0.15, -0.1) is 11.3 Å². The Morgan fingerprint density at radius 3 is 2.21 bits per heavy atom. The maximum Gasteiger partial charge on any atom is 0.270 e. The van der Waals surface area contributed by atoms with Crippen molar-refractivity contribution in [2.24, 2.45) is 17.6 Å². The molecule has 520 valence electrons. The first-order chi connectivity index (χ1) is 47.1. The number of piperidine rings is 2. The van der Waals surface area contributed by atoms with Gasteiger partial charge in [0.25, 0.3) is 5.91 Å². The highest BCUT2D eigenvalue weighted by atomic mass is 35.5. The van der Waals surface area contributed by atoms with E-state index in [1.54, 1.807) is 30.5 Å². The highest BCUT2D eigenvalue weighted by molar-refractivity contribution is 7.19. The molecule has 6 aromatic rings. The highest BCUT2D eigenvalue weighted by Gasteiger charge is 2.42. The van der Waals surface area contributed by atoms with Gasteiger partial charge in [-0.25, -0.2) is 4.98 Å². The first kappa shape index (κ1) is 72.2. The van der Waals surface area contributed by atoms with Crippen molar-refractivity contribution in [1.82, 2.24) is 45.9 Å². The Kier molecular flexibility index (Phi) is 27.1. The number of carbonyl (C=O) groups excluding carboxylic acids is 7. The van der Waals surface area contributed by atoms with Gasteiger partial charge in [-0.3, -0.25) is 48.3 Å². The summed E-state index contributed by atoms with van der Waals surface area (Å²) in [6.45, 7) is 9.05. The van der Waals surface area contributed by atoms with Crippen molar-refractivity contribution in [2.75, 3.05) is 98.7 Å². The van der Waals surface area contributed by atoms with Gasteiger partial charge in [-0.1, -0.05) is 85.5 Å². The van der Waals surface area contributed by atoms with E-state index >= 15 is 0 Å². The number of ether oxygens (including phenoxy) is 5. The van der Waals surface area contributed by atoms with E-state index in [9.17, 15) is 38.7 Å². The third-order valence-electron chi connectivity index (χ3n) is 18.6. The summed E-state index contributed by atoms with van der Waals surface area (Å²) in [5, 5.41) is 25.2. The maximum absolute atomic E-state index is 14.1. The Labute approximate surface area is 575 Å². The van der Waals surface area contributed by atoms with Gasteiger partial charge >= 0.3 is 0 Å². The number of fused-ring (bicyclic) bond motifs is 3. The molecule has 4 fully saturated rings. The average Bonchev–Trinajstić information content (AvgIpc) is 1.76. The van der Waals surface area contributed by atoms with Crippen LogP contribution in [0.5, 0.6) is 5.75 Å². The largest absolute Gasteiger partial charge is 0.489 e. The van der Waals surface area contributed by atoms with Gasteiger partial charge in [0.2, 0.25) is 35.4 Å². The number of halogens is 1. The molecular formula is C72H91ClN10O13S. The lowest BCUT2D eigenvalue weighted by atomic mass is 9.72. The van der Waals surface area contributed by atoms with Crippen molar-refractivity contribution in [3.63, 3.8) is 0 Å². The van der Waals surface area contributed by atoms with E-state index in [1.807, 2.05) is 78.6 Å². The molecule has 7 amide bonds. The Balaban J connectivity index is 0.568. The number of para-hydroxylation sites is 1. The highest BCUT2D eigenvalue weighted by Crippen LogP contribution is 2.43. The number of likely N-dealkylation sites (tertiary alicyclic amines) is 3. The molecule has 3 aromatic heterocycles. The van der Waals surface area contributed by atoms with Gasteiger partial charge in [0.15, 0.2) is 0 Å². The zero-order valence-corrected chi connectivity index (χ0v) is 56.8. The number of hydrogen-bond acceptors (Lipinski definition) is 18. The van der Waals surface area contributed by atoms with E-state index in [0.717, 1.165) is 113 Å². The molecule has 3 aliphatic heterocycles. The second-order valence-electron chi connectivity index (χ2n) is 25.6. The minimum atomic E-state index is -1.35. The molecule has 23 nitrogen and oxygen atoms in total. The number of imide groups is 1. The van der Waals surface area contributed by atoms with Crippen LogP contribution in [0.1, 0.15) is 104 Å². The number of rotatable bonds is 36. The predicted octanol–water partition coefficient (Wildman–Crippen LogP) is 6.69. The Morgan fingerprint density at radius 2 is 1.46 bits per heavy atom. The van der Waals surface area contributed by atoms with Gasteiger partial charge in [-0.05, 0) is 111 Å². The molecule has 10 rings (SSSR count). The van der Waals surface area contributed by atoms with E-state index in [-0.39, 0.29) is 94.0 Å². The lowest BCUT2D eigenvalue weighted by Crippen LogP contribution is -2.60. The van der Waals surface area contributed by atoms with Crippen molar-refractivity contribution in [2.45, 2.75) is 127 Å². The van der Waals surface area contributed by atoms with Crippen molar-refractivity contribution in [1.29, 1.82) is 0 Å². The monoisotopic (exact) mass is 1370 g/mol. The van der Waals surface area contributed by atoms with E-state index in [2.05, 4.69) is 36.1 Å². The van der Waals surface area contributed by atoms with Crippen molar-refractivity contribution < 1.29 is 62.4 Å². The van der Waals surface area contributed by atoms with Crippen LogP contribution in [0.15, 0.2) is 97.2 Å². The number of β-amino-alcohol motifs (C(OH)–C–C–N with tert-alkyl or cyclic N) is 1. The summed E-state index contributed by atoms with van der Waals surface area (Å²) in [4.78, 5) is 107. The number of nitrogens with one attached hydrogen (secondary N) is 4. The summed E-state index contributed by atoms with van der Waals surface area (Å²) >= 11 is 8.17. The van der Waals surface area contributed by atoms with Crippen LogP contribution in [0.4, 0.5) is 0 Å². The van der Waals surface area contributed by atoms with Gasteiger partial charge < -0.3 is 60.7 Å². The van der Waals surface area contributed by atoms with Crippen molar-refractivity contribution >= 4 is 85.4 Å². The van der Waals surface area contributed by atoms with Crippen LogP contribution in [0.2, 0.25) is 5.02 Å². The molecule has 6 atom stereocenters. The Bertz CT molecular complexity index is 3630. The van der Waals surface area contributed by atoms with Crippen LogP contribution >= 0.6 is 22.9 Å². The quantitative estimate of drug-likeness (QED) is 0.0176. The van der Waals surface area contributed by atoms with Crippen molar-refractivity contribution in [3.05, 3.63) is 124 Å². The Morgan fingerprint density at radius 1 is 0.763 bits per heavy atom. The number of aryl methyl sites for hydroxylation is 1. The normalized spacial score (nSPS) is 18.8. The molecule has 0 spiro atoms. The standard InChI is InChI=1S/C72H91ClN10O13S/c1-47-38-52(73)41-56(55-20-25-75-60-42-54(97-69(55)60)45-83-66(87)18-19-67(83)88)68(47)96-53-21-28-81(29-22-53)27-9-24-76-65(86)23-30-92-32-34-94-36-37-95-35-33-93-31-26-77-72(91)62-40-50-13-5-6-14-51(50)44-82(62)46-63(84)59(39-48-10-3-2-4-11-48)79-71(90)61(43-64(74)85)80-70(89)58-17-16-49-12-7-8-15-57(49)78-58/h2-4,7-8,10-12,15-17,20,25,38,41-42,50-51,53,59,61-63,84H,5-6,9,13-14,18-19,21-24,26-37,39-40,43-46H2,1H3,(H2,74,85)(H,76,86)(H,77,91)(H,79,90)(H,80,89)/t50-,51+,59-,61-,62-,63+/m0/s1. The number of aliphatic hydroxyl groups excluding tert-OH is 1. The fourth-order valence-electron chi connectivity index (χ4n) is 13.5. The summed E-state index contributed by atoms with van der Waals surface area (Å²) < 4.78 is 30.5. The molecule has 7 N–H and O–H groups in total. The number of aliphatic hydroxyl groups is 1. The topological polar surface area (TPSA) is 296 Å². The number of primary amides is 1. The number of aromatic nitrogens is 2. The fourth-order valence-corrected chi connectivity index (χ4v) is 14.9. The van der Waals surface area contributed by atoms with Crippen LogP contribution in [0, 0.1) is 18.8 Å². The summed E-state index contributed by atoms with van der Waals surface area (Å²) in [6.07, 6.45) is 8.59. The third-order valence-corrected chi connectivity index (χ3v) is 19.9. The van der Waals surface area contributed by atoms with Crippen LogP contribution in [0.25, 0.3) is 32.2 Å². The van der Waals surface area contributed by atoms with Gasteiger partial charge in [0, 0.05) is 91.1 Å². The fraction of sp³-hybridized carbons (Fsp3) is 0.514. The molecule has 6 heterocycles. The van der Waals surface area contributed by atoms with E-state index in [4.69, 9.17) is 41.0 Å². The molecular weight excluding hydrogens is 1280 g/mol. The van der Waals surface area contributed by atoms with E-state index in [0.29, 0.717) is 81.5 Å². The minimum absolute atomic E-state index is 0.0131. The molecule has 97 heavy (non-hydrogen) atoms. The van der Waals surface area contributed by atoms with Crippen LogP contribution < -0.4 is 31.7 Å². The molecule has 4 aliphatic rings. The number of thiophene rings is 1. The molecule has 0 bridgehead atoms. The second kappa shape index (κ2) is 36.4. The summed E-state index contributed by atoms with van der Waals surface area (Å²) in [7, 11) is 0. The molecule has 0 unspecified atom stereocenters. The van der Waals surface area contributed by atoms with Gasteiger partial charge in [0.05, 0.1) is 99.7 Å². The van der Waals surface area contributed by atoms with Crippen molar-refractivity contribution in [3.8, 4) is 16.9 Å². The zero-order chi connectivity index (χ0) is 68.0. The lowest BCUT2D eigenvalue weighted by molar-refractivity contribution is -0.139. The molecule has 1 aliphatic carbocycles. The smallest absolute Gasteiger partial charge is 0.270 e. The van der Waals surface area contributed by atoms with Crippen LogP contribution in [-0.4, -0.2) is 200 Å². The molecule has 3 aromatic carbocycles. The number of nitrogens with zero attached hydrogens (tertiary/aromatic N) is 5. The van der Waals surface area contributed by atoms with Gasteiger partial charge in [0.1, 0.15) is 23.6 Å². The summed E-state index contributed by atoms with van der Waals surface area (Å²) in [6, 6.07) is 25.0.